The molecule has 1 aliphatic heterocycles. The summed E-state index contributed by atoms with van der Waals surface area (Å²) in [6.07, 6.45) is 2.12. The number of hydrogen-bond acceptors (Lipinski definition) is 3. The predicted molar refractivity (Wildman–Crippen MR) is 98.3 cm³/mol. The zero-order valence-corrected chi connectivity index (χ0v) is 15.0. The lowest BCUT2D eigenvalue weighted by Crippen LogP contribution is -2.43. The highest BCUT2D eigenvalue weighted by Crippen LogP contribution is 2.32. The smallest absolute Gasteiger partial charge is 0.226 e. The van der Waals surface area contributed by atoms with Crippen LogP contribution >= 0.6 is 0 Å². The Labute approximate surface area is 149 Å². The maximum absolute atomic E-state index is 12.8. The molecule has 25 heavy (non-hydrogen) atoms. The highest BCUT2D eigenvalue weighted by atomic mass is 16.5. The van der Waals surface area contributed by atoms with Crippen molar-refractivity contribution in [3.63, 3.8) is 0 Å². The minimum absolute atomic E-state index is 0.263. The van der Waals surface area contributed by atoms with Gasteiger partial charge < -0.3 is 14.2 Å². The summed E-state index contributed by atoms with van der Waals surface area (Å²) in [5, 5.41) is 1.24. The molecule has 2 aliphatic rings. The number of amides is 1. The number of benzene rings is 1. The van der Waals surface area contributed by atoms with Crippen molar-refractivity contribution in [2.75, 3.05) is 39.4 Å². The fourth-order valence-electron chi connectivity index (χ4n) is 3.64. The van der Waals surface area contributed by atoms with E-state index >= 15 is 0 Å². The topological polar surface area (TPSA) is 37.7 Å². The van der Waals surface area contributed by atoms with Gasteiger partial charge in [0.05, 0.1) is 19.8 Å². The van der Waals surface area contributed by atoms with Crippen molar-refractivity contribution >= 4 is 16.8 Å². The van der Waals surface area contributed by atoms with Crippen LogP contribution in [0, 0.1) is 5.92 Å². The third-order valence-electron chi connectivity index (χ3n) is 5.43. The van der Waals surface area contributed by atoms with Crippen LogP contribution in [0.3, 0.4) is 0 Å². The Balaban J connectivity index is 1.48. The molecule has 2 fully saturated rings. The van der Waals surface area contributed by atoms with E-state index in [-0.39, 0.29) is 5.92 Å². The van der Waals surface area contributed by atoms with Crippen LogP contribution in [-0.2, 0) is 23.1 Å². The van der Waals surface area contributed by atoms with Crippen LogP contribution in [0.2, 0.25) is 0 Å². The molecule has 1 amide bonds. The van der Waals surface area contributed by atoms with Crippen molar-refractivity contribution < 1.29 is 9.53 Å². The molecule has 0 bridgehead atoms. The van der Waals surface area contributed by atoms with Crippen molar-refractivity contribution in [3.05, 3.63) is 36.0 Å². The number of morpholine rings is 1. The normalized spacial score (nSPS) is 18.6. The maximum atomic E-state index is 12.8. The van der Waals surface area contributed by atoms with Gasteiger partial charge in [-0.2, -0.15) is 0 Å². The van der Waals surface area contributed by atoms with Crippen LogP contribution in [0.1, 0.15) is 18.5 Å². The molecule has 2 aromatic rings. The Hall–Kier alpha value is -1.85. The molecule has 0 atom stereocenters. The number of para-hydroxylation sites is 1. The van der Waals surface area contributed by atoms with Gasteiger partial charge in [0, 0.05) is 50.4 Å². The molecule has 1 aromatic carbocycles. The van der Waals surface area contributed by atoms with Gasteiger partial charge in [-0.1, -0.05) is 18.2 Å². The second kappa shape index (κ2) is 7.18. The SMILES string of the molecule is Cn1c(CN(CCN2CCOCC2)C(=O)C2CC2)cc2ccccc21. The second-order valence-corrected chi connectivity index (χ2v) is 7.24. The molecule has 1 saturated heterocycles. The van der Waals surface area contributed by atoms with Gasteiger partial charge in [0.2, 0.25) is 5.91 Å². The van der Waals surface area contributed by atoms with Gasteiger partial charge in [0.15, 0.2) is 0 Å². The van der Waals surface area contributed by atoms with Gasteiger partial charge in [-0.05, 0) is 30.4 Å². The third-order valence-corrected chi connectivity index (χ3v) is 5.43. The van der Waals surface area contributed by atoms with E-state index in [1.54, 1.807) is 0 Å². The lowest BCUT2D eigenvalue weighted by Gasteiger charge is -2.30. The largest absolute Gasteiger partial charge is 0.379 e. The van der Waals surface area contributed by atoms with Gasteiger partial charge in [-0.3, -0.25) is 9.69 Å². The molecule has 0 spiro atoms. The summed E-state index contributed by atoms with van der Waals surface area (Å²) >= 11 is 0. The van der Waals surface area contributed by atoms with Crippen molar-refractivity contribution in [2.45, 2.75) is 19.4 Å². The Bertz CT molecular complexity index is 744. The Kier molecular flexibility index (Phi) is 4.77. The number of carbonyl (C=O) groups is 1. The minimum atomic E-state index is 0.263. The molecule has 5 heteroatoms. The van der Waals surface area contributed by atoms with Crippen LogP contribution in [0.25, 0.3) is 10.9 Å². The highest BCUT2D eigenvalue weighted by molar-refractivity contribution is 5.83. The number of aromatic nitrogens is 1. The summed E-state index contributed by atoms with van der Waals surface area (Å²) in [6.45, 7) is 5.99. The molecule has 1 aromatic heterocycles. The Morgan fingerprint density at radius 2 is 2.00 bits per heavy atom. The zero-order valence-electron chi connectivity index (χ0n) is 15.0. The molecule has 0 unspecified atom stereocenters. The molecule has 1 aliphatic carbocycles. The van der Waals surface area contributed by atoms with Crippen LogP contribution in [0.15, 0.2) is 30.3 Å². The van der Waals surface area contributed by atoms with E-state index in [2.05, 4.69) is 51.7 Å². The molecule has 0 radical (unpaired) electrons. The molecule has 2 heterocycles. The summed E-state index contributed by atoms with van der Waals surface area (Å²) < 4.78 is 7.64. The van der Waals surface area contributed by atoms with E-state index in [4.69, 9.17) is 4.74 Å². The molecule has 4 rings (SSSR count). The van der Waals surface area contributed by atoms with Crippen molar-refractivity contribution in [1.82, 2.24) is 14.4 Å². The highest BCUT2D eigenvalue weighted by Gasteiger charge is 2.33. The van der Waals surface area contributed by atoms with Gasteiger partial charge >= 0.3 is 0 Å². The maximum Gasteiger partial charge on any atom is 0.226 e. The monoisotopic (exact) mass is 341 g/mol. The van der Waals surface area contributed by atoms with E-state index in [1.165, 1.54) is 16.6 Å². The van der Waals surface area contributed by atoms with Crippen LogP contribution in [-0.4, -0.2) is 59.7 Å². The van der Waals surface area contributed by atoms with Crippen LogP contribution in [0.5, 0.6) is 0 Å². The van der Waals surface area contributed by atoms with Gasteiger partial charge in [-0.25, -0.2) is 0 Å². The molecule has 0 N–H and O–H groups in total. The number of rotatable bonds is 6. The summed E-state index contributed by atoms with van der Waals surface area (Å²) in [5.74, 6) is 0.595. The second-order valence-electron chi connectivity index (χ2n) is 7.24. The van der Waals surface area contributed by atoms with E-state index in [0.29, 0.717) is 12.5 Å². The fourth-order valence-corrected chi connectivity index (χ4v) is 3.64. The van der Waals surface area contributed by atoms with Crippen molar-refractivity contribution in [1.29, 1.82) is 0 Å². The van der Waals surface area contributed by atoms with Crippen molar-refractivity contribution in [3.8, 4) is 0 Å². The molecular formula is C20H27N3O2. The van der Waals surface area contributed by atoms with E-state index < -0.39 is 0 Å². The first-order chi connectivity index (χ1) is 12.2. The van der Waals surface area contributed by atoms with Crippen LogP contribution < -0.4 is 0 Å². The third kappa shape index (κ3) is 3.72. The lowest BCUT2D eigenvalue weighted by molar-refractivity contribution is -0.133. The summed E-state index contributed by atoms with van der Waals surface area (Å²) in [4.78, 5) is 17.3. The van der Waals surface area contributed by atoms with Gasteiger partial charge in [0.1, 0.15) is 0 Å². The summed E-state index contributed by atoms with van der Waals surface area (Å²) in [7, 11) is 2.10. The van der Waals surface area contributed by atoms with Gasteiger partial charge in [-0.15, -0.1) is 0 Å². The van der Waals surface area contributed by atoms with E-state index in [1.807, 2.05) is 0 Å². The van der Waals surface area contributed by atoms with E-state index in [9.17, 15) is 4.79 Å². The first kappa shape index (κ1) is 16.6. The summed E-state index contributed by atoms with van der Waals surface area (Å²) in [6, 6.07) is 10.6. The average Bonchev–Trinajstić information content (AvgIpc) is 3.45. The molecular weight excluding hydrogens is 314 g/mol. The predicted octanol–water partition coefficient (Wildman–Crippen LogP) is 2.25. The Morgan fingerprint density at radius 1 is 1.24 bits per heavy atom. The first-order valence-corrected chi connectivity index (χ1v) is 9.34. The summed E-state index contributed by atoms with van der Waals surface area (Å²) in [5.41, 5.74) is 2.43. The lowest BCUT2D eigenvalue weighted by atomic mass is 10.2. The number of carbonyl (C=O) groups excluding carboxylic acids is 1. The molecule has 5 nitrogen and oxygen atoms in total. The number of fused-ring (bicyclic) bond motifs is 1. The zero-order chi connectivity index (χ0) is 17.2. The van der Waals surface area contributed by atoms with Crippen LogP contribution in [0.4, 0.5) is 0 Å². The first-order valence-electron chi connectivity index (χ1n) is 9.34. The van der Waals surface area contributed by atoms with Gasteiger partial charge in [0.25, 0.3) is 0 Å². The number of aryl methyl sites for hydroxylation is 1. The number of nitrogens with zero attached hydrogens (tertiary/aromatic N) is 3. The minimum Gasteiger partial charge on any atom is -0.379 e. The fraction of sp³-hybridized carbons (Fsp3) is 0.550. The van der Waals surface area contributed by atoms with E-state index in [0.717, 1.165) is 52.2 Å². The van der Waals surface area contributed by atoms with Crippen molar-refractivity contribution in [2.24, 2.45) is 13.0 Å². The number of ether oxygens (including phenoxy) is 1. The average molecular weight is 341 g/mol. The molecule has 134 valence electrons. The standard InChI is InChI=1S/C20H27N3O2/c1-21-18(14-17-4-2-3-5-19(17)21)15-23(20(24)16-6-7-16)9-8-22-10-12-25-13-11-22/h2-5,14,16H,6-13,15H2,1H3. The Morgan fingerprint density at radius 3 is 2.72 bits per heavy atom. The number of hydrogen-bond donors (Lipinski definition) is 0. The quantitative estimate of drug-likeness (QED) is 0.809. The molecule has 1 saturated carbocycles.